The van der Waals surface area contributed by atoms with Gasteiger partial charge in [-0.1, -0.05) is 35.9 Å². The van der Waals surface area contributed by atoms with Gasteiger partial charge in [0.25, 0.3) is 0 Å². The Morgan fingerprint density at radius 2 is 1.79 bits per heavy atom. The molecule has 2 aromatic carbocycles. The third-order valence-electron chi connectivity index (χ3n) is 9.03. The molecule has 0 saturated carbocycles. The van der Waals surface area contributed by atoms with Crippen molar-refractivity contribution < 1.29 is 32.9 Å². The molecule has 0 aliphatic carbocycles. The highest BCUT2D eigenvalue weighted by atomic mass is 35.5. The monoisotopic (exact) mass is 758 g/mol. The number of hydrogen-bond donors (Lipinski definition) is 1. The van der Waals surface area contributed by atoms with Crippen molar-refractivity contribution in [3.05, 3.63) is 101 Å². The van der Waals surface area contributed by atoms with Crippen LogP contribution in [-0.2, 0) is 17.8 Å². The van der Waals surface area contributed by atoms with Crippen molar-refractivity contribution in [2.75, 3.05) is 46.4 Å². The van der Waals surface area contributed by atoms with E-state index in [0.717, 1.165) is 32.7 Å². The lowest BCUT2D eigenvalue weighted by Gasteiger charge is -2.32. The van der Waals surface area contributed by atoms with Crippen LogP contribution in [0.4, 0.5) is 0 Å². The number of carboxylic acids is 1. The number of rotatable bonds is 14. The van der Waals surface area contributed by atoms with Crippen molar-refractivity contribution in [2.45, 2.75) is 26.1 Å². The van der Waals surface area contributed by atoms with Gasteiger partial charge < -0.3 is 33.1 Å². The van der Waals surface area contributed by atoms with Crippen LogP contribution in [0, 0.1) is 6.92 Å². The number of carbonyl (C=O) groups is 1. The average molecular weight is 760 g/mol. The molecular weight excluding hydrogens is 723 g/mol. The molecule has 5 heterocycles. The summed E-state index contributed by atoms with van der Waals surface area (Å²) in [6.07, 6.45) is 4.58. The van der Waals surface area contributed by atoms with Crippen molar-refractivity contribution >= 4 is 40.3 Å². The molecular formula is C38H36Cl2N6O7. The Morgan fingerprint density at radius 1 is 0.962 bits per heavy atom. The van der Waals surface area contributed by atoms with E-state index in [1.807, 2.05) is 13.0 Å². The second-order valence-electron chi connectivity index (χ2n) is 12.6. The van der Waals surface area contributed by atoms with Crippen LogP contribution >= 0.6 is 23.2 Å². The number of likely N-dealkylation sites (N-methyl/N-ethyl adjacent to an activating group) is 1. The molecule has 0 amide bonds. The first kappa shape index (κ1) is 36.2. The van der Waals surface area contributed by atoms with Crippen molar-refractivity contribution in [1.29, 1.82) is 0 Å². The van der Waals surface area contributed by atoms with E-state index in [9.17, 15) is 9.90 Å². The molecule has 1 N–H and O–H groups in total. The minimum absolute atomic E-state index is 0.00830. The molecule has 1 aliphatic heterocycles. The Hall–Kier alpha value is -5.21. The van der Waals surface area contributed by atoms with Crippen LogP contribution in [0.3, 0.4) is 0 Å². The van der Waals surface area contributed by atoms with E-state index in [-0.39, 0.29) is 35.6 Å². The number of piperazine rings is 1. The molecule has 1 fully saturated rings. The van der Waals surface area contributed by atoms with E-state index in [2.05, 4.69) is 36.8 Å². The second-order valence-corrected chi connectivity index (χ2v) is 13.3. The molecule has 4 aromatic heterocycles. The third kappa shape index (κ3) is 8.23. The van der Waals surface area contributed by atoms with Crippen LogP contribution in [0.25, 0.3) is 33.7 Å². The predicted molar refractivity (Wildman–Crippen MR) is 198 cm³/mol. The van der Waals surface area contributed by atoms with Gasteiger partial charge in [0.05, 0.1) is 16.9 Å². The lowest BCUT2D eigenvalue weighted by atomic mass is 9.97. The van der Waals surface area contributed by atoms with E-state index in [1.165, 1.54) is 6.33 Å². The summed E-state index contributed by atoms with van der Waals surface area (Å²) in [5.41, 5.74) is 3.20. The molecule has 0 unspecified atom stereocenters. The summed E-state index contributed by atoms with van der Waals surface area (Å²) in [5.74, 6) is 0.414. The molecule has 1 saturated heterocycles. The predicted octanol–water partition coefficient (Wildman–Crippen LogP) is 6.83. The molecule has 274 valence electrons. The summed E-state index contributed by atoms with van der Waals surface area (Å²) < 4.78 is 30.4. The molecule has 6 aromatic rings. The maximum atomic E-state index is 12.7. The van der Waals surface area contributed by atoms with Gasteiger partial charge in [-0.25, -0.2) is 14.8 Å². The quantitative estimate of drug-likeness (QED) is 0.124. The van der Waals surface area contributed by atoms with Crippen molar-refractivity contribution in [3.8, 4) is 40.0 Å². The number of halogens is 2. The third-order valence-corrected chi connectivity index (χ3v) is 9.70. The highest BCUT2D eigenvalue weighted by Crippen LogP contribution is 2.47. The van der Waals surface area contributed by atoms with Crippen LogP contribution in [0.2, 0.25) is 10.2 Å². The Kier molecular flexibility index (Phi) is 11.1. The maximum Gasteiger partial charge on any atom is 0.345 e. The number of furan rings is 2. The fourth-order valence-electron chi connectivity index (χ4n) is 6.15. The van der Waals surface area contributed by atoms with Gasteiger partial charge >= 0.3 is 5.97 Å². The van der Waals surface area contributed by atoms with E-state index in [1.54, 1.807) is 61.1 Å². The van der Waals surface area contributed by atoms with Crippen molar-refractivity contribution in [1.82, 2.24) is 29.7 Å². The lowest BCUT2D eigenvalue weighted by Crippen LogP contribution is -2.45. The van der Waals surface area contributed by atoms with Gasteiger partial charge in [-0.05, 0) is 66.5 Å². The number of nitrogens with zero attached hydrogens (tertiary/aromatic N) is 6. The largest absolute Gasteiger partial charge is 0.491 e. The fourth-order valence-corrected chi connectivity index (χ4v) is 6.51. The fraction of sp³-hybridized carbons (Fsp3) is 0.289. The first-order chi connectivity index (χ1) is 25.7. The maximum absolute atomic E-state index is 12.7. The van der Waals surface area contributed by atoms with E-state index in [4.69, 9.17) is 46.2 Å². The number of aromatic nitrogens is 4. The van der Waals surface area contributed by atoms with Gasteiger partial charge in [0.1, 0.15) is 36.4 Å². The summed E-state index contributed by atoms with van der Waals surface area (Å²) in [7, 11) is 2.12. The second kappa shape index (κ2) is 16.2. The Morgan fingerprint density at radius 3 is 2.55 bits per heavy atom. The average Bonchev–Trinajstić information content (AvgIpc) is 3.78. The van der Waals surface area contributed by atoms with Crippen molar-refractivity contribution in [2.24, 2.45) is 0 Å². The SMILES string of the molecule is Cc1c(-c2c(-c3ccc(Cl)o3)oc3ncnc(O[C@H](Cc4ccccc4OCc4cnccn4)C(=O)O)c23)ccc(OCCN2CCN(C)CC2)c1Cl. The number of ether oxygens (including phenoxy) is 3. The van der Waals surface area contributed by atoms with Crippen LogP contribution in [0.1, 0.15) is 16.8 Å². The normalized spacial score (nSPS) is 14.3. The first-order valence-electron chi connectivity index (χ1n) is 17.0. The summed E-state index contributed by atoms with van der Waals surface area (Å²) >= 11 is 13.2. The summed E-state index contributed by atoms with van der Waals surface area (Å²) in [4.78, 5) is 34.5. The molecule has 15 heteroatoms. The molecule has 0 spiro atoms. The lowest BCUT2D eigenvalue weighted by molar-refractivity contribution is -0.145. The van der Waals surface area contributed by atoms with Gasteiger partial charge in [0.2, 0.25) is 17.7 Å². The molecule has 13 nitrogen and oxygen atoms in total. The Labute approximate surface area is 315 Å². The number of hydrogen-bond acceptors (Lipinski definition) is 12. The molecule has 1 aliphatic rings. The van der Waals surface area contributed by atoms with Gasteiger partial charge in [0, 0.05) is 57.1 Å². The van der Waals surface area contributed by atoms with Gasteiger partial charge in [-0.3, -0.25) is 14.9 Å². The van der Waals surface area contributed by atoms with E-state index in [0.29, 0.717) is 62.2 Å². The van der Waals surface area contributed by atoms with Crippen LogP contribution in [-0.4, -0.2) is 93.3 Å². The zero-order chi connectivity index (χ0) is 36.9. The Bertz CT molecular complexity index is 2200. The van der Waals surface area contributed by atoms with E-state index < -0.39 is 12.1 Å². The minimum atomic E-state index is -1.38. The molecule has 0 bridgehead atoms. The highest BCUT2D eigenvalue weighted by Gasteiger charge is 2.30. The topological polar surface area (TPSA) is 149 Å². The Balaban J connectivity index is 1.21. The molecule has 1 atom stereocenters. The smallest absolute Gasteiger partial charge is 0.345 e. The van der Waals surface area contributed by atoms with Gasteiger partial charge in [0.15, 0.2) is 16.7 Å². The summed E-state index contributed by atoms with van der Waals surface area (Å²) in [6, 6.07) is 14.1. The standard InChI is InChI=1S/C38H36Cl2N6O7/c1-23-26(7-8-28(34(23)40)49-18-17-46-15-13-45(2)14-16-46)32-33-36(43-22-44-37(33)53-35(32)29-9-10-31(39)51-29)52-30(38(47)48)19-24-5-3-4-6-27(24)50-21-25-20-41-11-12-42-25/h3-12,20,22,30H,13-19,21H2,1-2H3,(H,47,48)/t30-/m1/s1. The number of para-hydroxylation sites is 1. The zero-order valence-corrected chi connectivity index (χ0v) is 30.5. The van der Waals surface area contributed by atoms with Crippen LogP contribution < -0.4 is 14.2 Å². The summed E-state index contributed by atoms with van der Waals surface area (Å²) in [5, 5.41) is 11.3. The molecule has 0 radical (unpaired) electrons. The summed E-state index contributed by atoms with van der Waals surface area (Å²) in [6.45, 7) is 7.28. The van der Waals surface area contributed by atoms with Gasteiger partial charge in [-0.15, -0.1) is 0 Å². The number of benzene rings is 2. The van der Waals surface area contributed by atoms with E-state index >= 15 is 0 Å². The first-order valence-corrected chi connectivity index (χ1v) is 17.7. The van der Waals surface area contributed by atoms with Crippen molar-refractivity contribution in [3.63, 3.8) is 0 Å². The highest BCUT2D eigenvalue weighted by molar-refractivity contribution is 6.33. The molecule has 7 rings (SSSR count). The van der Waals surface area contributed by atoms with Gasteiger partial charge in [-0.2, -0.15) is 0 Å². The van der Waals surface area contributed by atoms with Crippen LogP contribution in [0.5, 0.6) is 17.4 Å². The van der Waals surface area contributed by atoms with Crippen LogP contribution in [0.15, 0.2) is 82.3 Å². The molecule has 53 heavy (non-hydrogen) atoms. The number of aliphatic carboxylic acids is 1. The zero-order valence-electron chi connectivity index (χ0n) is 29.0. The minimum Gasteiger partial charge on any atom is -0.491 e. The number of fused-ring (bicyclic) bond motifs is 1. The number of carboxylic acid groups (broad SMARTS) is 1.